The molecule has 0 unspecified atom stereocenters. The molecule has 6 nitrogen and oxygen atoms in total. The Kier molecular flexibility index (Phi) is 5.64. The molecule has 6 rings (SSSR count). The molecule has 1 saturated carbocycles. The standard InChI is InChI=1S/C30H28N4O2/c1-36-24-15-13-21(14-16-24)20-31-33-29-32-27-25-12-6-5-9-22(25)19-30(17-7-8-18-30)26(27)28(35)34(29)23-10-3-2-4-11-23/h2-6,9-16,20H,7-8,17-19H2,1H3,(H,32,33)/b31-20-. The number of anilines is 1. The number of hydrazone groups is 1. The minimum Gasteiger partial charge on any atom is -0.497 e. The number of ether oxygens (including phenoxy) is 1. The number of nitrogens with one attached hydrogen (secondary N) is 1. The quantitative estimate of drug-likeness (QED) is 0.295. The summed E-state index contributed by atoms with van der Waals surface area (Å²) in [5, 5.41) is 4.45. The third kappa shape index (κ3) is 3.79. The molecule has 1 spiro atoms. The molecule has 4 aromatic rings. The van der Waals surface area contributed by atoms with Crippen LogP contribution < -0.4 is 15.7 Å². The van der Waals surface area contributed by atoms with E-state index in [1.54, 1.807) is 17.9 Å². The first-order chi connectivity index (χ1) is 17.7. The van der Waals surface area contributed by atoms with E-state index in [2.05, 4.69) is 28.7 Å². The molecule has 0 radical (unpaired) electrons. The molecule has 36 heavy (non-hydrogen) atoms. The van der Waals surface area contributed by atoms with Crippen molar-refractivity contribution in [1.82, 2.24) is 9.55 Å². The van der Waals surface area contributed by atoms with Crippen LogP contribution in [-0.2, 0) is 11.8 Å². The molecule has 6 heteroatoms. The van der Waals surface area contributed by atoms with Crippen LogP contribution in [-0.4, -0.2) is 22.9 Å². The first kappa shape index (κ1) is 22.3. The zero-order valence-electron chi connectivity index (χ0n) is 20.3. The van der Waals surface area contributed by atoms with Gasteiger partial charge >= 0.3 is 0 Å². The van der Waals surface area contributed by atoms with Crippen molar-refractivity contribution in [3.8, 4) is 22.7 Å². The normalized spacial score (nSPS) is 15.6. The topological polar surface area (TPSA) is 68.5 Å². The summed E-state index contributed by atoms with van der Waals surface area (Å²) in [7, 11) is 1.64. The number of methoxy groups -OCH3 is 1. The summed E-state index contributed by atoms with van der Waals surface area (Å²) in [6.07, 6.45) is 6.92. The van der Waals surface area contributed by atoms with Gasteiger partial charge in [-0.1, -0.05) is 55.3 Å². The molecule has 0 aliphatic heterocycles. The third-order valence-corrected chi connectivity index (χ3v) is 7.48. The minimum absolute atomic E-state index is 0.00949. The molecule has 0 atom stereocenters. The number of hydrogen-bond donors (Lipinski definition) is 1. The molecule has 0 amide bonds. The number of aromatic nitrogens is 2. The van der Waals surface area contributed by atoms with E-state index in [4.69, 9.17) is 9.72 Å². The maximum atomic E-state index is 14.3. The van der Waals surface area contributed by atoms with Gasteiger partial charge in [0.05, 0.1) is 30.3 Å². The molecule has 2 aliphatic rings. The number of benzene rings is 3. The highest BCUT2D eigenvalue weighted by molar-refractivity contribution is 5.80. The smallest absolute Gasteiger partial charge is 0.263 e. The Balaban J connectivity index is 1.51. The van der Waals surface area contributed by atoms with Crippen LogP contribution in [0.2, 0.25) is 0 Å². The molecule has 180 valence electrons. The summed E-state index contributed by atoms with van der Waals surface area (Å²) in [5.74, 6) is 1.19. The van der Waals surface area contributed by atoms with Gasteiger partial charge in [-0.25, -0.2) is 15.0 Å². The fourth-order valence-electron chi connectivity index (χ4n) is 5.78. The SMILES string of the molecule is COc1ccc(/C=N\Nc2nc3c(c(=O)n2-c2ccccc2)C2(CCCC2)Cc2ccccc2-3)cc1. The minimum atomic E-state index is -0.158. The van der Waals surface area contributed by atoms with Crippen molar-refractivity contribution in [1.29, 1.82) is 0 Å². The van der Waals surface area contributed by atoms with E-state index in [1.807, 2.05) is 60.7 Å². The zero-order chi connectivity index (χ0) is 24.5. The van der Waals surface area contributed by atoms with Gasteiger partial charge in [-0.3, -0.25) is 4.79 Å². The van der Waals surface area contributed by atoms with Crippen molar-refractivity contribution in [3.63, 3.8) is 0 Å². The Morgan fingerprint density at radius 3 is 2.44 bits per heavy atom. The monoisotopic (exact) mass is 476 g/mol. The van der Waals surface area contributed by atoms with Crippen LogP contribution in [0.5, 0.6) is 5.75 Å². The highest BCUT2D eigenvalue weighted by Crippen LogP contribution is 2.50. The maximum Gasteiger partial charge on any atom is 0.263 e. The molecule has 0 bridgehead atoms. The molecule has 1 aromatic heterocycles. The van der Waals surface area contributed by atoms with Gasteiger partial charge in [-0.15, -0.1) is 0 Å². The molecular formula is C30H28N4O2. The van der Waals surface area contributed by atoms with Gasteiger partial charge in [0.15, 0.2) is 0 Å². The number of rotatable bonds is 5. The van der Waals surface area contributed by atoms with E-state index in [0.29, 0.717) is 5.95 Å². The molecular weight excluding hydrogens is 448 g/mol. The summed E-state index contributed by atoms with van der Waals surface area (Å²) in [4.78, 5) is 19.4. The van der Waals surface area contributed by atoms with Gasteiger partial charge < -0.3 is 4.74 Å². The van der Waals surface area contributed by atoms with Gasteiger partial charge in [0.2, 0.25) is 5.95 Å². The fraction of sp³-hybridized carbons (Fsp3) is 0.233. The van der Waals surface area contributed by atoms with Crippen LogP contribution in [0.25, 0.3) is 16.9 Å². The summed E-state index contributed by atoms with van der Waals surface area (Å²) < 4.78 is 6.91. The summed E-state index contributed by atoms with van der Waals surface area (Å²) in [6.45, 7) is 0. The van der Waals surface area contributed by atoms with Gasteiger partial charge in [-0.05, 0) is 66.8 Å². The second-order valence-electron chi connectivity index (χ2n) is 9.60. The number of para-hydroxylation sites is 1. The Hall–Kier alpha value is -4.19. The molecule has 1 fully saturated rings. The van der Waals surface area contributed by atoms with Gasteiger partial charge in [0, 0.05) is 11.0 Å². The van der Waals surface area contributed by atoms with Crippen molar-refractivity contribution in [2.75, 3.05) is 12.5 Å². The van der Waals surface area contributed by atoms with E-state index in [9.17, 15) is 4.79 Å². The van der Waals surface area contributed by atoms with Crippen molar-refractivity contribution < 1.29 is 4.74 Å². The number of fused-ring (bicyclic) bond motifs is 4. The Morgan fingerprint density at radius 2 is 1.69 bits per heavy atom. The van der Waals surface area contributed by atoms with E-state index in [-0.39, 0.29) is 11.0 Å². The van der Waals surface area contributed by atoms with E-state index >= 15 is 0 Å². The van der Waals surface area contributed by atoms with Gasteiger partial charge in [0.1, 0.15) is 5.75 Å². The Bertz CT molecular complexity index is 1480. The Morgan fingerprint density at radius 1 is 0.972 bits per heavy atom. The molecule has 0 saturated heterocycles. The summed E-state index contributed by atoms with van der Waals surface area (Å²) in [5.41, 5.74) is 8.55. The predicted molar refractivity (Wildman–Crippen MR) is 143 cm³/mol. The number of hydrogen-bond acceptors (Lipinski definition) is 5. The fourth-order valence-corrected chi connectivity index (χ4v) is 5.78. The lowest BCUT2D eigenvalue weighted by Gasteiger charge is -2.36. The highest BCUT2D eigenvalue weighted by Gasteiger charge is 2.44. The second kappa shape index (κ2) is 9.11. The lowest BCUT2D eigenvalue weighted by atomic mass is 9.68. The molecule has 3 aromatic carbocycles. The highest BCUT2D eigenvalue weighted by atomic mass is 16.5. The van der Waals surface area contributed by atoms with E-state index < -0.39 is 0 Å². The number of nitrogens with zero attached hydrogens (tertiary/aromatic N) is 3. The lowest BCUT2D eigenvalue weighted by molar-refractivity contribution is 0.415. The zero-order valence-corrected chi connectivity index (χ0v) is 20.3. The molecule has 1 N–H and O–H groups in total. The molecule has 2 aliphatic carbocycles. The van der Waals surface area contributed by atoms with Gasteiger partial charge in [-0.2, -0.15) is 5.10 Å². The van der Waals surface area contributed by atoms with Crippen molar-refractivity contribution in [2.24, 2.45) is 5.10 Å². The van der Waals surface area contributed by atoms with Crippen LogP contribution >= 0.6 is 0 Å². The van der Waals surface area contributed by atoms with Crippen LogP contribution in [0.15, 0.2) is 88.8 Å². The maximum absolute atomic E-state index is 14.3. The Labute approximate surface area is 210 Å². The van der Waals surface area contributed by atoms with Crippen LogP contribution in [0.4, 0.5) is 5.95 Å². The van der Waals surface area contributed by atoms with Crippen LogP contribution in [0.3, 0.4) is 0 Å². The average molecular weight is 477 g/mol. The summed E-state index contributed by atoms with van der Waals surface area (Å²) >= 11 is 0. The van der Waals surface area contributed by atoms with Crippen molar-refractivity contribution in [3.05, 3.63) is 106 Å². The first-order valence-electron chi connectivity index (χ1n) is 12.4. The molecule has 1 heterocycles. The lowest BCUT2D eigenvalue weighted by Crippen LogP contribution is -2.40. The van der Waals surface area contributed by atoms with Crippen molar-refractivity contribution in [2.45, 2.75) is 37.5 Å². The second-order valence-corrected chi connectivity index (χ2v) is 9.60. The van der Waals surface area contributed by atoms with E-state index in [1.165, 1.54) is 5.56 Å². The van der Waals surface area contributed by atoms with Crippen LogP contribution in [0, 0.1) is 0 Å². The average Bonchev–Trinajstić information content (AvgIpc) is 3.38. The van der Waals surface area contributed by atoms with Gasteiger partial charge in [0.25, 0.3) is 5.56 Å². The third-order valence-electron chi connectivity index (χ3n) is 7.48. The van der Waals surface area contributed by atoms with Crippen LogP contribution in [0.1, 0.15) is 42.4 Å². The largest absolute Gasteiger partial charge is 0.497 e. The van der Waals surface area contributed by atoms with E-state index in [0.717, 1.165) is 65.9 Å². The first-order valence-corrected chi connectivity index (χ1v) is 12.4. The predicted octanol–water partition coefficient (Wildman–Crippen LogP) is 5.72. The van der Waals surface area contributed by atoms with Crippen molar-refractivity contribution >= 4 is 12.2 Å². The summed E-state index contributed by atoms with van der Waals surface area (Å²) in [6, 6.07) is 25.7.